The molecule has 0 radical (unpaired) electrons. The summed E-state index contributed by atoms with van der Waals surface area (Å²) in [6, 6.07) is 51.1. The Morgan fingerprint density at radius 2 is 1.27 bits per heavy atom. The molecule has 8 aromatic rings. The second-order valence-corrected chi connectivity index (χ2v) is 13.0. The van der Waals surface area contributed by atoms with Crippen LogP contribution in [0.15, 0.2) is 152 Å². The number of nitrogens with zero attached hydrogens (tertiary/aromatic N) is 1. The molecule has 0 spiro atoms. The van der Waals surface area contributed by atoms with E-state index in [-0.39, 0.29) is 0 Å². The van der Waals surface area contributed by atoms with Gasteiger partial charge in [0.1, 0.15) is 0 Å². The number of rotatable bonds is 5. The van der Waals surface area contributed by atoms with Crippen molar-refractivity contribution in [3.05, 3.63) is 174 Å². The zero-order chi connectivity index (χ0) is 32.9. The lowest BCUT2D eigenvalue weighted by Crippen LogP contribution is -2.02. The van der Waals surface area contributed by atoms with Crippen LogP contribution >= 0.6 is 0 Å². The van der Waals surface area contributed by atoms with Crippen molar-refractivity contribution in [2.45, 2.75) is 19.8 Å². The molecule has 1 aliphatic carbocycles. The van der Waals surface area contributed by atoms with Crippen LogP contribution < -0.4 is 5.73 Å². The van der Waals surface area contributed by atoms with Crippen LogP contribution in [0.4, 0.5) is 0 Å². The molecule has 0 atom stereocenters. The Morgan fingerprint density at radius 1 is 0.592 bits per heavy atom. The Labute approximate surface area is 287 Å². The molecule has 0 amide bonds. The normalized spacial score (nSPS) is 12.8. The van der Waals surface area contributed by atoms with Crippen molar-refractivity contribution >= 4 is 44.6 Å². The molecule has 2 heteroatoms. The van der Waals surface area contributed by atoms with Gasteiger partial charge in [-0.2, -0.15) is 0 Å². The predicted octanol–water partition coefficient (Wildman–Crippen LogP) is 12.1. The van der Waals surface area contributed by atoms with Gasteiger partial charge in [0.2, 0.25) is 0 Å². The maximum absolute atomic E-state index is 5.92. The zero-order valence-electron chi connectivity index (χ0n) is 27.5. The Kier molecular flexibility index (Phi) is 7.02. The van der Waals surface area contributed by atoms with Gasteiger partial charge in [-0.25, -0.2) is 0 Å². The lowest BCUT2D eigenvalue weighted by molar-refractivity contribution is 0.991. The van der Waals surface area contributed by atoms with Crippen molar-refractivity contribution in [3.8, 4) is 39.1 Å². The van der Waals surface area contributed by atoms with Crippen molar-refractivity contribution in [1.82, 2.24) is 4.57 Å². The second-order valence-electron chi connectivity index (χ2n) is 13.0. The third-order valence-corrected chi connectivity index (χ3v) is 10.3. The summed E-state index contributed by atoms with van der Waals surface area (Å²) in [7, 11) is 0. The lowest BCUT2D eigenvalue weighted by atomic mass is 9.80. The van der Waals surface area contributed by atoms with E-state index >= 15 is 0 Å². The van der Waals surface area contributed by atoms with E-state index in [2.05, 4.69) is 163 Å². The first-order valence-corrected chi connectivity index (χ1v) is 17.1. The van der Waals surface area contributed by atoms with Crippen LogP contribution in [0, 0.1) is 6.92 Å². The third-order valence-electron chi connectivity index (χ3n) is 10.3. The Morgan fingerprint density at radius 3 is 2.06 bits per heavy atom. The summed E-state index contributed by atoms with van der Waals surface area (Å²) >= 11 is 0. The fourth-order valence-electron chi connectivity index (χ4n) is 7.99. The highest BCUT2D eigenvalue weighted by atomic mass is 15.0. The monoisotopic (exact) mass is 628 g/mol. The number of nitrogens with two attached hydrogens (primary N) is 1. The molecule has 1 aliphatic rings. The molecule has 0 aliphatic heterocycles. The molecule has 0 saturated heterocycles. The first kappa shape index (κ1) is 29.1. The van der Waals surface area contributed by atoms with Crippen molar-refractivity contribution in [1.29, 1.82) is 0 Å². The number of aryl methyl sites for hydroxylation is 1. The highest BCUT2D eigenvalue weighted by molar-refractivity contribution is 6.11. The number of benzene rings is 7. The van der Waals surface area contributed by atoms with Gasteiger partial charge in [0, 0.05) is 11.1 Å². The van der Waals surface area contributed by atoms with Crippen LogP contribution in [-0.2, 0) is 6.42 Å². The quantitative estimate of drug-likeness (QED) is 0.202. The van der Waals surface area contributed by atoms with Crippen molar-refractivity contribution < 1.29 is 0 Å². The van der Waals surface area contributed by atoms with Gasteiger partial charge in [0.25, 0.3) is 0 Å². The summed E-state index contributed by atoms with van der Waals surface area (Å²) < 4.78 is 2.30. The highest BCUT2D eigenvalue weighted by Crippen LogP contribution is 2.45. The lowest BCUT2D eigenvalue weighted by Gasteiger charge is -2.24. The van der Waals surface area contributed by atoms with Gasteiger partial charge in [0.05, 0.1) is 11.2 Å². The summed E-state index contributed by atoms with van der Waals surface area (Å²) in [6.07, 6.45) is 10.4. The topological polar surface area (TPSA) is 30.9 Å². The molecule has 0 saturated carbocycles. The number of fused-ring (bicyclic) bond motifs is 4. The van der Waals surface area contributed by atoms with E-state index in [1.165, 1.54) is 82.5 Å². The van der Waals surface area contributed by atoms with Gasteiger partial charge in [0.15, 0.2) is 0 Å². The van der Waals surface area contributed by atoms with E-state index in [0.717, 1.165) is 24.2 Å². The summed E-state index contributed by atoms with van der Waals surface area (Å²) in [5.41, 5.74) is 21.0. The van der Waals surface area contributed by atoms with Crippen LogP contribution in [0.5, 0.6) is 0 Å². The van der Waals surface area contributed by atoms with Crippen molar-refractivity contribution in [2.75, 3.05) is 0 Å². The van der Waals surface area contributed by atoms with E-state index in [1.807, 2.05) is 6.08 Å². The molecule has 7 aromatic carbocycles. The van der Waals surface area contributed by atoms with Crippen LogP contribution in [0.1, 0.15) is 28.8 Å². The van der Waals surface area contributed by atoms with Gasteiger partial charge >= 0.3 is 0 Å². The predicted molar refractivity (Wildman–Crippen MR) is 210 cm³/mol. The Hall–Kier alpha value is -6.12. The van der Waals surface area contributed by atoms with Crippen LogP contribution in [-0.4, -0.2) is 4.57 Å². The first-order valence-electron chi connectivity index (χ1n) is 17.1. The Bertz CT molecular complexity index is 2600. The molecule has 0 fully saturated rings. The smallest absolute Gasteiger partial charge is 0.0538 e. The number of hydrogen-bond acceptors (Lipinski definition) is 1. The summed E-state index contributed by atoms with van der Waals surface area (Å²) in [6.45, 7) is 2.19. The molecule has 0 bridgehead atoms. The van der Waals surface area contributed by atoms with Gasteiger partial charge in [-0.05, 0) is 134 Å². The first-order chi connectivity index (χ1) is 24.2. The molecule has 49 heavy (non-hydrogen) atoms. The highest BCUT2D eigenvalue weighted by Gasteiger charge is 2.22. The second kappa shape index (κ2) is 11.8. The number of para-hydroxylation sites is 1. The minimum absolute atomic E-state index is 1.03. The number of hydrogen-bond donors (Lipinski definition) is 1. The fraction of sp³-hybridized carbons (Fsp3) is 0.0638. The SMILES string of the molecule is Cc1c(/C=C\N)n(-c2ccccc2)c2ccc(-c3ccc(-c4c5c(c(-c6ccc7ccccc7c6)c6ccccc46)CCC=C5)cc3)cc12. The van der Waals surface area contributed by atoms with E-state index in [9.17, 15) is 0 Å². The largest absolute Gasteiger partial charge is 0.405 e. The minimum atomic E-state index is 1.03. The number of allylic oxidation sites excluding steroid dienone is 1. The van der Waals surface area contributed by atoms with Gasteiger partial charge in [-0.3, -0.25) is 0 Å². The molecular weight excluding hydrogens is 593 g/mol. The third kappa shape index (κ3) is 4.79. The minimum Gasteiger partial charge on any atom is -0.405 e. The van der Waals surface area contributed by atoms with E-state index < -0.39 is 0 Å². The maximum Gasteiger partial charge on any atom is 0.0538 e. The Balaban J connectivity index is 1.17. The summed E-state index contributed by atoms with van der Waals surface area (Å²) in [4.78, 5) is 0. The van der Waals surface area contributed by atoms with E-state index in [0.29, 0.717) is 0 Å². The van der Waals surface area contributed by atoms with Gasteiger partial charge in [-0.15, -0.1) is 0 Å². The van der Waals surface area contributed by atoms with Crippen LogP contribution in [0.3, 0.4) is 0 Å². The van der Waals surface area contributed by atoms with Crippen LogP contribution in [0.25, 0.3) is 83.7 Å². The molecule has 0 unspecified atom stereocenters. The molecule has 2 N–H and O–H groups in total. The molecule has 2 nitrogen and oxygen atoms in total. The summed E-state index contributed by atoms with van der Waals surface area (Å²) in [5.74, 6) is 0. The van der Waals surface area contributed by atoms with Gasteiger partial charge in [-0.1, -0.05) is 121 Å². The van der Waals surface area contributed by atoms with Crippen molar-refractivity contribution in [2.24, 2.45) is 5.73 Å². The molecule has 1 heterocycles. The molecular formula is C47H36N2. The average molecular weight is 629 g/mol. The average Bonchev–Trinajstić information content (AvgIpc) is 3.44. The van der Waals surface area contributed by atoms with Gasteiger partial charge < -0.3 is 10.3 Å². The number of aromatic nitrogens is 1. The van der Waals surface area contributed by atoms with Crippen LogP contribution in [0.2, 0.25) is 0 Å². The fourth-order valence-corrected chi connectivity index (χ4v) is 7.99. The van der Waals surface area contributed by atoms with E-state index in [4.69, 9.17) is 5.73 Å². The molecule has 1 aromatic heterocycles. The zero-order valence-corrected chi connectivity index (χ0v) is 27.5. The molecule has 9 rings (SSSR count). The molecule has 234 valence electrons. The maximum atomic E-state index is 5.92. The summed E-state index contributed by atoms with van der Waals surface area (Å²) in [5, 5.41) is 6.39. The van der Waals surface area contributed by atoms with E-state index in [1.54, 1.807) is 6.20 Å². The van der Waals surface area contributed by atoms with Crippen molar-refractivity contribution in [3.63, 3.8) is 0 Å². The standard InChI is InChI=1S/C47H36N2/c1-31-43-30-36(25-26-45(43)49(44(31)27-28-48)38-13-3-2-4-14-38)33-19-22-34(23-20-33)46-39-15-7-9-17-41(39)47(42-18-10-8-16-40(42)46)37-24-21-32-11-5-6-12-35(32)29-37/h2-9,11-17,19-30H,10,18,48H2,1H3/b28-27-.